The van der Waals surface area contributed by atoms with Crippen LogP contribution in [0.4, 0.5) is 11.6 Å². The quantitative estimate of drug-likeness (QED) is 0.0945. The van der Waals surface area contributed by atoms with Gasteiger partial charge in [0.25, 0.3) is 11.5 Å². The van der Waals surface area contributed by atoms with Crippen LogP contribution in [0.15, 0.2) is 59.5 Å². The molecule has 4 aromatic rings. The number of rotatable bonds is 13. The van der Waals surface area contributed by atoms with Crippen LogP contribution in [0.25, 0.3) is 11.2 Å². The second-order valence-electron chi connectivity index (χ2n) is 9.86. The smallest absolute Gasteiger partial charge is 0.331 e. The summed E-state index contributed by atoms with van der Waals surface area (Å²) in [6.45, 7) is 0.166. The number of hydrogen-bond donors (Lipinski definition) is 8. The molecule has 16 heteroatoms. The molecule has 0 fully saturated rings. The number of amides is 1. The van der Waals surface area contributed by atoms with Crippen molar-refractivity contribution in [2.75, 3.05) is 11.1 Å². The first-order chi connectivity index (χ1) is 20.9. The lowest BCUT2D eigenvalue weighted by Crippen LogP contribution is -2.62. The summed E-state index contributed by atoms with van der Waals surface area (Å²) >= 11 is 0. The minimum absolute atomic E-state index is 0.0185. The Morgan fingerprint density at radius 1 is 1.00 bits per heavy atom. The van der Waals surface area contributed by atoms with Crippen molar-refractivity contribution in [2.45, 2.75) is 37.4 Å². The Kier molecular flexibility index (Phi) is 9.14. The Morgan fingerprint density at radius 2 is 1.68 bits per heavy atom. The number of aliphatic carboxylic acids is 2. The third kappa shape index (κ3) is 7.29. The average Bonchev–Trinajstić information content (AvgIpc) is 2.99. The highest BCUT2D eigenvalue weighted by atomic mass is 16.4. The van der Waals surface area contributed by atoms with E-state index in [4.69, 9.17) is 11.5 Å². The van der Waals surface area contributed by atoms with E-state index in [1.807, 2.05) is 0 Å². The van der Waals surface area contributed by atoms with Gasteiger partial charge in [0.15, 0.2) is 22.5 Å². The van der Waals surface area contributed by atoms with E-state index in [1.54, 1.807) is 12.1 Å². The fraction of sp³-hybridized carbons (Fsp3) is 0.214. The minimum Gasteiger partial charge on any atom is -0.508 e. The number of nitrogens with one attached hydrogen (secondary N) is 3. The normalized spacial score (nSPS) is 13.0. The van der Waals surface area contributed by atoms with Crippen LogP contribution >= 0.6 is 0 Å². The molecule has 2 aromatic carbocycles. The lowest BCUT2D eigenvalue weighted by molar-refractivity contribution is -0.149. The van der Waals surface area contributed by atoms with Gasteiger partial charge in [-0.15, -0.1) is 0 Å². The standard InChI is InChI=1S/C28H28N8O8/c29-27-35-23-21(25(42)36-27)33-17(13-32-23)12-31-16-5-3-15(4-6-16)24(41)34-19(9-10-20(38)39)22(40)28(30,26(43)44)11-14-1-7-18(37)8-2-14/h1-8,13,19,31,37H,9-12,30H2,(H,34,41)(H,38,39)(H,43,44)(H3,29,32,35,36,42)/t19-,28+/m0/s1. The second-order valence-corrected chi connectivity index (χ2v) is 9.86. The molecular formula is C28H28N8O8. The molecule has 2 aromatic heterocycles. The fourth-order valence-corrected chi connectivity index (χ4v) is 4.28. The van der Waals surface area contributed by atoms with Gasteiger partial charge in [-0.05, 0) is 48.4 Å². The number of aromatic nitrogens is 4. The number of ketones is 1. The molecule has 2 atom stereocenters. The average molecular weight is 605 g/mol. The van der Waals surface area contributed by atoms with Gasteiger partial charge >= 0.3 is 11.9 Å². The first-order valence-corrected chi connectivity index (χ1v) is 13.1. The summed E-state index contributed by atoms with van der Waals surface area (Å²) in [5.41, 5.74) is 10.1. The summed E-state index contributed by atoms with van der Waals surface area (Å²) < 4.78 is 0. The van der Waals surface area contributed by atoms with Crippen LogP contribution in [0, 0.1) is 0 Å². The zero-order valence-electron chi connectivity index (χ0n) is 23.0. The first kappa shape index (κ1) is 31.0. The molecule has 0 bridgehead atoms. The number of fused-ring (bicyclic) bond motifs is 1. The van der Waals surface area contributed by atoms with E-state index in [0.29, 0.717) is 16.9 Å². The highest BCUT2D eigenvalue weighted by Gasteiger charge is 2.46. The van der Waals surface area contributed by atoms with Crippen molar-refractivity contribution in [3.05, 3.63) is 81.9 Å². The number of nitrogen functional groups attached to an aromatic ring is 1. The van der Waals surface area contributed by atoms with Crippen LogP contribution in [0.5, 0.6) is 5.75 Å². The molecule has 0 saturated heterocycles. The number of benzene rings is 2. The molecular weight excluding hydrogens is 576 g/mol. The van der Waals surface area contributed by atoms with Gasteiger partial charge in [0.05, 0.1) is 24.5 Å². The maximum Gasteiger partial charge on any atom is 0.331 e. The zero-order chi connectivity index (χ0) is 32.0. The number of carbonyl (C=O) groups excluding carboxylic acids is 2. The van der Waals surface area contributed by atoms with Crippen molar-refractivity contribution in [3.63, 3.8) is 0 Å². The summed E-state index contributed by atoms with van der Waals surface area (Å²) in [4.78, 5) is 76.6. The van der Waals surface area contributed by atoms with Crippen LogP contribution in [-0.2, 0) is 27.3 Å². The van der Waals surface area contributed by atoms with Gasteiger partial charge in [0.1, 0.15) is 5.75 Å². The van der Waals surface area contributed by atoms with Crippen LogP contribution < -0.4 is 27.7 Å². The number of hydrogen-bond acceptors (Lipinski definition) is 12. The number of phenolic OH excluding ortho intramolecular Hbond substituents is 1. The number of Topliss-reactive ketones (excluding diaryl/α,β-unsaturated/α-hetero) is 1. The molecule has 2 heterocycles. The number of carbonyl (C=O) groups is 4. The Bertz CT molecular complexity index is 1780. The van der Waals surface area contributed by atoms with E-state index < -0.39 is 60.0 Å². The lowest BCUT2D eigenvalue weighted by atomic mass is 9.83. The Balaban J connectivity index is 1.46. The molecule has 16 nitrogen and oxygen atoms in total. The Hall–Kier alpha value is -5.90. The predicted octanol–water partition coefficient (Wildman–Crippen LogP) is 0.170. The van der Waals surface area contributed by atoms with Crippen LogP contribution in [0.2, 0.25) is 0 Å². The molecule has 0 spiro atoms. The molecule has 1 amide bonds. The molecule has 0 saturated carbocycles. The summed E-state index contributed by atoms with van der Waals surface area (Å²) in [6, 6.07) is 9.84. The topological polar surface area (TPSA) is 277 Å². The number of carboxylic acids is 2. The monoisotopic (exact) mass is 604 g/mol. The number of aromatic amines is 1. The number of H-pyrrole nitrogens is 1. The van der Waals surface area contributed by atoms with Crippen molar-refractivity contribution in [1.82, 2.24) is 25.3 Å². The zero-order valence-corrected chi connectivity index (χ0v) is 23.0. The molecule has 4 rings (SSSR count). The Labute approximate surface area is 248 Å². The number of nitrogens with zero attached hydrogens (tertiary/aromatic N) is 3. The molecule has 0 aliphatic carbocycles. The molecule has 0 aliphatic rings. The first-order valence-electron chi connectivity index (χ1n) is 13.1. The van der Waals surface area contributed by atoms with Gasteiger partial charge in [0, 0.05) is 24.1 Å². The molecule has 10 N–H and O–H groups in total. The second kappa shape index (κ2) is 13.0. The molecule has 44 heavy (non-hydrogen) atoms. The van der Waals surface area contributed by atoms with Crippen LogP contribution in [-0.4, -0.2) is 70.5 Å². The van der Waals surface area contributed by atoms with Gasteiger partial charge in [-0.1, -0.05) is 12.1 Å². The third-order valence-electron chi connectivity index (χ3n) is 6.62. The number of aromatic hydroxyl groups is 1. The minimum atomic E-state index is -2.50. The summed E-state index contributed by atoms with van der Waals surface area (Å²) in [6.07, 6.45) is 0.00981. The van der Waals surface area contributed by atoms with E-state index in [2.05, 4.69) is 30.6 Å². The molecule has 0 radical (unpaired) electrons. The Morgan fingerprint density at radius 3 is 2.32 bits per heavy atom. The predicted molar refractivity (Wildman–Crippen MR) is 156 cm³/mol. The van der Waals surface area contributed by atoms with Crippen LogP contribution in [0.3, 0.4) is 0 Å². The van der Waals surface area contributed by atoms with Crippen molar-refractivity contribution < 1.29 is 34.5 Å². The maximum absolute atomic E-state index is 13.4. The van der Waals surface area contributed by atoms with E-state index in [-0.39, 0.29) is 35.0 Å². The van der Waals surface area contributed by atoms with E-state index >= 15 is 0 Å². The lowest BCUT2D eigenvalue weighted by Gasteiger charge is -2.28. The highest BCUT2D eigenvalue weighted by molar-refractivity contribution is 6.11. The molecule has 228 valence electrons. The van der Waals surface area contributed by atoms with Gasteiger partial charge in [0.2, 0.25) is 5.95 Å². The van der Waals surface area contributed by atoms with E-state index in [1.165, 1.54) is 42.6 Å². The third-order valence-corrected chi connectivity index (χ3v) is 6.62. The number of nitrogens with two attached hydrogens (primary N) is 2. The largest absolute Gasteiger partial charge is 0.508 e. The van der Waals surface area contributed by atoms with Crippen molar-refractivity contribution in [2.24, 2.45) is 5.73 Å². The number of anilines is 2. The van der Waals surface area contributed by atoms with E-state index in [0.717, 1.165) is 0 Å². The van der Waals surface area contributed by atoms with Gasteiger partial charge in [-0.3, -0.25) is 24.2 Å². The summed E-state index contributed by atoms with van der Waals surface area (Å²) in [7, 11) is 0. The maximum atomic E-state index is 13.4. The fourth-order valence-electron chi connectivity index (χ4n) is 4.28. The van der Waals surface area contributed by atoms with Gasteiger partial charge in [-0.25, -0.2) is 14.8 Å². The number of phenols is 1. The van der Waals surface area contributed by atoms with Crippen molar-refractivity contribution >= 4 is 46.4 Å². The summed E-state index contributed by atoms with van der Waals surface area (Å²) in [5.74, 6) is -4.92. The van der Waals surface area contributed by atoms with Gasteiger partial charge < -0.3 is 37.4 Å². The molecule has 0 aliphatic heterocycles. The molecule has 0 unspecified atom stereocenters. The van der Waals surface area contributed by atoms with E-state index in [9.17, 15) is 39.3 Å². The number of carboxylic acid groups (broad SMARTS) is 2. The SMILES string of the molecule is Nc1nc2ncc(CNc3ccc(C(=O)N[C@@H](CCC(=O)O)C(=O)[C@](N)(Cc4ccc(O)cc4)C(=O)O)cc3)nc2c(=O)[nH]1. The van der Waals surface area contributed by atoms with Crippen molar-refractivity contribution in [1.29, 1.82) is 0 Å². The van der Waals surface area contributed by atoms with Gasteiger partial charge in [-0.2, -0.15) is 4.98 Å². The van der Waals surface area contributed by atoms with Crippen LogP contribution in [0.1, 0.15) is 34.5 Å². The van der Waals surface area contributed by atoms with Crippen molar-refractivity contribution in [3.8, 4) is 5.75 Å². The highest BCUT2D eigenvalue weighted by Crippen LogP contribution is 2.20. The summed E-state index contributed by atoms with van der Waals surface area (Å²) in [5, 5.41) is 34.0.